The van der Waals surface area contributed by atoms with Gasteiger partial charge in [0, 0.05) is 17.6 Å². The van der Waals surface area contributed by atoms with Crippen LogP contribution < -0.4 is 0 Å². The summed E-state index contributed by atoms with van der Waals surface area (Å²) in [4.78, 5) is 14.6. The van der Waals surface area contributed by atoms with Crippen molar-refractivity contribution >= 4 is 21.8 Å². The predicted molar refractivity (Wildman–Crippen MR) is 82.4 cm³/mol. The second-order valence-corrected chi connectivity index (χ2v) is 6.34. The van der Waals surface area contributed by atoms with Crippen LogP contribution in [0.4, 0.5) is 0 Å². The van der Waals surface area contributed by atoms with Crippen molar-refractivity contribution in [3.05, 3.63) is 33.8 Å². The number of benzene rings is 1. The van der Waals surface area contributed by atoms with Gasteiger partial charge in [-0.1, -0.05) is 25.0 Å². The zero-order chi connectivity index (χ0) is 13.8. The Bertz CT molecular complexity index is 458. The standard InChI is InChI=1S/C16H22BrNO/c1-3-13-5-4-9-18(10-8-13)16(19)14-11-12(2)6-7-15(14)17/h6-7,11,13H,3-5,8-10H2,1-2H3. The number of carbonyl (C=O) groups excluding carboxylic acids is 1. The van der Waals surface area contributed by atoms with Gasteiger partial charge < -0.3 is 4.90 Å². The summed E-state index contributed by atoms with van der Waals surface area (Å²) >= 11 is 3.50. The fourth-order valence-corrected chi connectivity index (χ4v) is 3.17. The van der Waals surface area contributed by atoms with Crippen LogP contribution in [0.25, 0.3) is 0 Å². The maximum Gasteiger partial charge on any atom is 0.255 e. The van der Waals surface area contributed by atoms with Crippen molar-refractivity contribution in [3.8, 4) is 0 Å². The Balaban J connectivity index is 2.13. The normalized spacial score (nSPS) is 20.2. The zero-order valence-electron chi connectivity index (χ0n) is 11.8. The third kappa shape index (κ3) is 3.59. The smallest absolute Gasteiger partial charge is 0.255 e. The SMILES string of the molecule is CCC1CCCN(C(=O)c2cc(C)ccc2Br)CC1. The summed E-state index contributed by atoms with van der Waals surface area (Å²) < 4.78 is 0.902. The lowest BCUT2D eigenvalue weighted by Crippen LogP contribution is -2.32. The van der Waals surface area contributed by atoms with E-state index in [1.807, 2.05) is 30.0 Å². The molecule has 19 heavy (non-hydrogen) atoms. The first kappa shape index (κ1) is 14.6. The minimum atomic E-state index is 0.173. The summed E-state index contributed by atoms with van der Waals surface area (Å²) in [6, 6.07) is 5.97. The van der Waals surface area contributed by atoms with Crippen LogP contribution in [0, 0.1) is 12.8 Å². The molecule has 0 N–H and O–H groups in total. The number of rotatable bonds is 2. The van der Waals surface area contributed by atoms with Crippen LogP contribution in [0.1, 0.15) is 48.5 Å². The maximum absolute atomic E-state index is 12.6. The summed E-state index contributed by atoms with van der Waals surface area (Å²) in [6.45, 7) is 6.07. The predicted octanol–water partition coefficient (Wildman–Crippen LogP) is 4.41. The summed E-state index contributed by atoms with van der Waals surface area (Å²) in [5.74, 6) is 0.964. The molecule has 1 fully saturated rings. The molecule has 104 valence electrons. The fourth-order valence-electron chi connectivity index (χ4n) is 2.75. The van der Waals surface area contributed by atoms with E-state index in [-0.39, 0.29) is 5.91 Å². The minimum Gasteiger partial charge on any atom is -0.339 e. The zero-order valence-corrected chi connectivity index (χ0v) is 13.4. The molecule has 0 radical (unpaired) electrons. The van der Waals surface area contributed by atoms with Gasteiger partial charge in [-0.3, -0.25) is 4.79 Å². The second-order valence-electron chi connectivity index (χ2n) is 5.48. The Labute approximate surface area is 124 Å². The van der Waals surface area contributed by atoms with Gasteiger partial charge in [0.05, 0.1) is 5.56 Å². The molecule has 0 spiro atoms. The topological polar surface area (TPSA) is 20.3 Å². The van der Waals surface area contributed by atoms with Gasteiger partial charge in [0.2, 0.25) is 0 Å². The van der Waals surface area contributed by atoms with Crippen molar-refractivity contribution in [2.24, 2.45) is 5.92 Å². The summed E-state index contributed by atoms with van der Waals surface area (Å²) in [6.07, 6.45) is 4.77. The highest BCUT2D eigenvalue weighted by Crippen LogP contribution is 2.24. The first-order valence-electron chi connectivity index (χ1n) is 7.17. The molecular formula is C16H22BrNO. The molecule has 3 heteroatoms. The highest BCUT2D eigenvalue weighted by Gasteiger charge is 2.22. The third-order valence-electron chi connectivity index (χ3n) is 4.06. The first-order chi connectivity index (χ1) is 9.11. The van der Waals surface area contributed by atoms with Crippen molar-refractivity contribution in [3.63, 3.8) is 0 Å². The van der Waals surface area contributed by atoms with E-state index < -0.39 is 0 Å². The highest BCUT2D eigenvalue weighted by molar-refractivity contribution is 9.10. The fraction of sp³-hybridized carbons (Fsp3) is 0.562. The summed E-state index contributed by atoms with van der Waals surface area (Å²) in [5.41, 5.74) is 1.93. The van der Waals surface area contributed by atoms with Gasteiger partial charge in [0.15, 0.2) is 0 Å². The number of carbonyl (C=O) groups is 1. The molecule has 0 bridgehead atoms. The van der Waals surface area contributed by atoms with E-state index in [1.165, 1.54) is 12.8 Å². The van der Waals surface area contributed by atoms with Crippen molar-refractivity contribution in [2.75, 3.05) is 13.1 Å². The van der Waals surface area contributed by atoms with E-state index in [0.717, 1.165) is 47.4 Å². The molecule has 2 nitrogen and oxygen atoms in total. The molecule has 1 amide bonds. The molecule has 1 aromatic carbocycles. The number of nitrogens with zero attached hydrogens (tertiary/aromatic N) is 1. The molecule has 0 aromatic heterocycles. The summed E-state index contributed by atoms with van der Waals surface area (Å²) in [7, 11) is 0. The van der Waals surface area contributed by atoms with E-state index in [2.05, 4.69) is 22.9 Å². The Morgan fingerprint density at radius 2 is 2.16 bits per heavy atom. The average molecular weight is 324 g/mol. The van der Waals surface area contributed by atoms with Crippen LogP contribution in [0.5, 0.6) is 0 Å². The van der Waals surface area contributed by atoms with Gasteiger partial charge in [-0.2, -0.15) is 0 Å². The Morgan fingerprint density at radius 3 is 2.89 bits per heavy atom. The van der Waals surface area contributed by atoms with Gasteiger partial charge in [0.25, 0.3) is 5.91 Å². The molecule has 1 aromatic rings. The van der Waals surface area contributed by atoms with Crippen LogP contribution >= 0.6 is 15.9 Å². The van der Waals surface area contributed by atoms with E-state index in [0.29, 0.717) is 0 Å². The molecule has 1 aliphatic rings. The van der Waals surface area contributed by atoms with Crippen molar-refractivity contribution in [1.82, 2.24) is 4.90 Å². The monoisotopic (exact) mass is 323 g/mol. The van der Waals surface area contributed by atoms with Crippen LogP contribution in [0.2, 0.25) is 0 Å². The third-order valence-corrected chi connectivity index (χ3v) is 4.76. The molecule has 1 heterocycles. The Morgan fingerprint density at radius 1 is 1.37 bits per heavy atom. The van der Waals surface area contributed by atoms with Crippen molar-refractivity contribution < 1.29 is 4.79 Å². The minimum absolute atomic E-state index is 0.173. The van der Waals surface area contributed by atoms with E-state index in [4.69, 9.17) is 0 Å². The van der Waals surface area contributed by atoms with E-state index in [9.17, 15) is 4.79 Å². The number of hydrogen-bond acceptors (Lipinski definition) is 1. The van der Waals surface area contributed by atoms with Gasteiger partial charge in [-0.25, -0.2) is 0 Å². The molecular weight excluding hydrogens is 302 g/mol. The molecule has 1 unspecified atom stereocenters. The van der Waals surface area contributed by atoms with Crippen molar-refractivity contribution in [2.45, 2.75) is 39.5 Å². The van der Waals surface area contributed by atoms with E-state index >= 15 is 0 Å². The van der Waals surface area contributed by atoms with E-state index in [1.54, 1.807) is 0 Å². The molecule has 1 aliphatic heterocycles. The van der Waals surface area contributed by atoms with Crippen molar-refractivity contribution in [1.29, 1.82) is 0 Å². The lowest BCUT2D eigenvalue weighted by Gasteiger charge is -2.21. The van der Waals surface area contributed by atoms with Gasteiger partial charge in [-0.05, 0) is 60.2 Å². The van der Waals surface area contributed by atoms with Crippen LogP contribution in [-0.4, -0.2) is 23.9 Å². The molecule has 1 saturated heterocycles. The summed E-state index contributed by atoms with van der Waals surface area (Å²) in [5, 5.41) is 0. The molecule has 1 atom stereocenters. The number of amides is 1. The average Bonchev–Trinajstić information content (AvgIpc) is 2.66. The lowest BCUT2D eigenvalue weighted by molar-refractivity contribution is 0.0759. The number of halogens is 1. The largest absolute Gasteiger partial charge is 0.339 e. The number of likely N-dealkylation sites (tertiary alicyclic amines) is 1. The quantitative estimate of drug-likeness (QED) is 0.789. The lowest BCUT2D eigenvalue weighted by atomic mass is 9.98. The number of hydrogen-bond donors (Lipinski definition) is 0. The molecule has 0 saturated carbocycles. The van der Waals surface area contributed by atoms with Crippen LogP contribution in [0.3, 0.4) is 0 Å². The number of aryl methyl sites for hydroxylation is 1. The maximum atomic E-state index is 12.6. The van der Waals surface area contributed by atoms with Gasteiger partial charge in [0.1, 0.15) is 0 Å². The Hall–Kier alpha value is -0.830. The molecule has 2 rings (SSSR count). The Kier molecular flexibility index (Phi) is 5.03. The second kappa shape index (κ2) is 6.56. The van der Waals surface area contributed by atoms with Gasteiger partial charge >= 0.3 is 0 Å². The first-order valence-corrected chi connectivity index (χ1v) is 7.96. The molecule has 0 aliphatic carbocycles. The van der Waals surface area contributed by atoms with Crippen LogP contribution in [-0.2, 0) is 0 Å². The van der Waals surface area contributed by atoms with Crippen LogP contribution in [0.15, 0.2) is 22.7 Å². The highest BCUT2D eigenvalue weighted by atomic mass is 79.9. The van der Waals surface area contributed by atoms with Gasteiger partial charge in [-0.15, -0.1) is 0 Å².